The summed E-state index contributed by atoms with van der Waals surface area (Å²) >= 11 is 0. The second kappa shape index (κ2) is 26.5. The van der Waals surface area contributed by atoms with Gasteiger partial charge in [-0.05, 0) is 83.4 Å². The Balaban J connectivity index is 1.51. The van der Waals surface area contributed by atoms with Crippen LogP contribution in [0.3, 0.4) is 0 Å². The second-order valence-electron chi connectivity index (χ2n) is 17.0. The van der Waals surface area contributed by atoms with Gasteiger partial charge < -0.3 is 9.47 Å². The van der Waals surface area contributed by atoms with E-state index >= 15 is 0 Å². The van der Waals surface area contributed by atoms with Crippen LogP contribution < -0.4 is 0 Å². The van der Waals surface area contributed by atoms with Crippen molar-refractivity contribution in [3.8, 4) is 0 Å². The Labute approximate surface area is 330 Å². The molecule has 0 aliphatic carbocycles. The van der Waals surface area contributed by atoms with Gasteiger partial charge in [-0.25, -0.2) is 9.59 Å². The molecule has 0 saturated carbocycles. The molecule has 0 aliphatic heterocycles. The van der Waals surface area contributed by atoms with Crippen molar-refractivity contribution in [2.75, 3.05) is 13.2 Å². The molecule has 2 aromatic carbocycles. The van der Waals surface area contributed by atoms with E-state index in [0.717, 1.165) is 38.5 Å². The maximum absolute atomic E-state index is 12.8. The van der Waals surface area contributed by atoms with Crippen LogP contribution in [0.1, 0.15) is 168 Å². The third-order valence-electron chi connectivity index (χ3n) is 10.2. The molecule has 0 bridgehead atoms. The Kier molecular flexibility index (Phi) is 23.0. The number of carbonyl (C=O) groups is 2. The molecule has 0 spiro atoms. The summed E-state index contributed by atoms with van der Waals surface area (Å²) in [5.74, 6) is 1.35. The van der Waals surface area contributed by atoms with Crippen LogP contribution in [0.15, 0.2) is 58.5 Å². The van der Waals surface area contributed by atoms with Crippen molar-refractivity contribution in [1.82, 2.24) is 0 Å². The lowest BCUT2D eigenvalue weighted by molar-refractivity contribution is -0.147. The van der Waals surface area contributed by atoms with E-state index in [1.807, 2.05) is 40.1 Å². The van der Waals surface area contributed by atoms with E-state index in [1.165, 1.54) is 60.8 Å². The number of hydrogen-bond donors (Lipinski definition) is 0. The number of esters is 2. The maximum Gasteiger partial charge on any atom is 0.331 e. The standard InChI is InChI=1S/C48H76N2O4/c1-35(2)43-25-21-41(22-26-43)31-39(9)33-49-45(37(5)6)47(51)53-29-19-17-15-13-11-12-14-16-18-20-30-54-48(52)46(38(7)8)50-34-40(10)32-42-23-27-44(28-24-42)36(3)4/h21-28,33-40,45-46H,11-20,29-32H2,1-10H3/b49-33+,50-34+. The van der Waals surface area contributed by atoms with Crippen LogP contribution in [-0.4, -0.2) is 49.7 Å². The van der Waals surface area contributed by atoms with Gasteiger partial charge in [0.25, 0.3) is 0 Å². The van der Waals surface area contributed by atoms with Crippen LogP contribution in [0.2, 0.25) is 0 Å². The number of benzene rings is 2. The maximum atomic E-state index is 12.8. The predicted molar refractivity (Wildman–Crippen MR) is 229 cm³/mol. The summed E-state index contributed by atoms with van der Waals surface area (Å²) in [4.78, 5) is 34.9. The molecule has 0 fully saturated rings. The normalized spacial score (nSPS) is 14.4. The number of hydrogen-bond acceptors (Lipinski definition) is 6. The lowest BCUT2D eigenvalue weighted by Crippen LogP contribution is -2.27. The number of rotatable bonds is 27. The summed E-state index contributed by atoms with van der Waals surface area (Å²) in [6, 6.07) is 16.7. The van der Waals surface area contributed by atoms with Gasteiger partial charge in [0.15, 0.2) is 0 Å². The first-order valence-corrected chi connectivity index (χ1v) is 21.4. The minimum atomic E-state index is -0.447. The molecule has 0 heterocycles. The van der Waals surface area contributed by atoms with Gasteiger partial charge >= 0.3 is 11.9 Å². The lowest BCUT2D eigenvalue weighted by Gasteiger charge is -2.16. The van der Waals surface area contributed by atoms with Gasteiger partial charge in [0, 0.05) is 12.4 Å². The van der Waals surface area contributed by atoms with Crippen molar-refractivity contribution in [2.45, 2.75) is 170 Å². The molecular formula is C48H76N2O4. The fourth-order valence-corrected chi connectivity index (χ4v) is 6.55. The van der Waals surface area contributed by atoms with Gasteiger partial charge in [-0.1, -0.05) is 169 Å². The van der Waals surface area contributed by atoms with E-state index in [9.17, 15) is 9.59 Å². The van der Waals surface area contributed by atoms with Crippen LogP contribution in [0, 0.1) is 23.7 Å². The van der Waals surface area contributed by atoms with E-state index < -0.39 is 12.1 Å². The van der Waals surface area contributed by atoms with Crippen molar-refractivity contribution < 1.29 is 19.1 Å². The van der Waals surface area contributed by atoms with E-state index in [1.54, 1.807) is 0 Å². The molecule has 6 heteroatoms. The first-order valence-electron chi connectivity index (χ1n) is 21.4. The molecule has 6 nitrogen and oxygen atoms in total. The highest BCUT2D eigenvalue weighted by Crippen LogP contribution is 2.19. The van der Waals surface area contributed by atoms with Crippen LogP contribution in [-0.2, 0) is 31.9 Å². The van der Waals surface area contributed by atoms with Crippen molar-refractivity contribution in [2.24, 2.45) is 33.7 Å². The SMILES string of the molecule is CC(/C=N/C(C(=O)OCCCCCCCCCCCCOC(=O)C(/N=C/C(C)Cc1ccc(C(C)C)cc1)C(C)C)C(C)C)Cc1ccc(C(C)C)cc1. The summed E-state index contributed by atoms with van der Waals surface area (Å²) in [5, 5.41) is 0. The Morgan fingerprint density at radius 2 is 0.778 bits per heavy atom. The van der Waals surface area contributed by atoms with Crippen LogP contribution >= 0.6 is 0 Å². The average Bonchev–Trinajstić information content (AvgIpc) is 3.12. The largest absolute Gasteiger partial charge is 0.464 e. The molecule has 0 saturated heterocycles. The Morgan fingerprint density at radius 3 is 1.06 bits per heavy atom. The average molecular weight is 745 g/mol. The molecular weight excluding hydrogens is 669 g/mol. The Morgan fingerprint density at radius 1 is 0.481 bits per heavy atom. The summed E-state index contributed by atoms with van der Waals surface area (Å²) in [5.41, 5.74) is 5.29. The first kappa shape index (κ1) is 46.9. The topological polar surface area (TPSA) is 77.3 Å². The molecule has 0 amide bonds. The van der Waals surface area contributed by atoms with Crippen molar-refractivity contribution in [1.29, 1.82) is 0 Å². The van der Waals surface area contributed by atoms with Crippen molar-refractivity contribution in [3.05, 3.63) is 70.8 Å². The number of ether oxygens (including phenoxy) is 2. The smallest absolute Gasteiger partial charge is 0.331 e. The highest BCUT2D eigenvalue weighted by atomic mass is 16.5. The van der Waals surface area contributed by atoms with Crippen LogP contribution in [0.4, 0.5) is 0 Å². The third-order valence-corrected chi connectivity index (χ3v) is 10.2. The summed E-state index contributed by atoms with van der Waals surface area (Å²) in [6.45, 7) is 22.2. The number of aliphatic imine (C=N–C) groups is 2. The van der Waals surface area contributed by atoms with E-state index in [0.29, 0.717) is 25.0 Å². The molecule has 0 aromatic heterocycles. The monoisotopic (exact) mass is 745 g/mol. The first-order chi connectivity index (χ1) is 25.8. The van der Waals surface area contributed by atoms with Gasteiger partial charge in [-0.15, -0.1) is 0 Å². The van der Waals surface area contributed by atoms with Crippen molar-refractivity contribution >= 4 is 24.4 Å². The number of unbranched alkanes of at least 4 members (excludes halogenated alkanes) is 9. The highest BCUT2D eigenvalue weighted by molar-refractivity contribution is 5.79. The van der Waals surface area contributed by atoms with Crippen molar-refractivity contribution in [3.63, 3.8) is 0 Å². The predicted octanol–water partition coefficient (Wildman–Crippen LogP) is 12.2. The van der Waals surface area contributed by atoms with Gasteiger partial charge in [0.05, 0.1) is 13.2 Å². The van der Waals surface area contributed by atoms with Gasteiger partial charge in [0.1, 0.15) is 12.1 Å². The third kappa shape index (κ3) is 19.4. The zero-order chi connectivity index (χ0) is 39.9. The molecule has 0 N–H and O–H groups in total. The minimum Gasteiger partial charge on any atom is -0.464 e. The lowest BCUT2D eigenvalue weighted by atomic mass is 9.97. The zero-order valence-corrected chi connectivity index (χ0v) is 35.8. The molecule has 2 aromatic rings. The molecule has 2 rings (SSSR count). The summed E-state index contributed by atoms with van der Waals surface area (Å²) in [7, 11) is 0. The minimum absolute atomic E-state index is 0.0987. The molecule has 4 unspecified atom stereocenters. The quantitative estimate of drug-likeness (QED) is 0.0518. The van der Waals surface area contributed by atoms with Gasteiger partial charge in [0.2, 0.25) is 0 Å². The Bertz CT molecular complexity index is 1250. The fraction of sp³-hybridized carbons (Fsp3) is 0.667. The number of carbonyl (C=O) groups excluding carboxylic acids is 2. The molecule has 0 aliphatic rings. The highest BCUT2D eigenvalue weighted by Gasteiger charge is 2.23. The van der Waals surface area contributed by atoms with Crippen LogP contribution in [0.25, 0.3) is 0 Å². The number of nitrogens with zero attached hydrogens (tertiary/aromatic N) is 2. The molecule has 54 heavy (non-hydrogen) atoms. The molecule has 4 atom stereocenters. The van der Waals surface area contributed by atoms with E-state index in [-0.39, 0.29) is 35.6 Å². The Hall–Kier alpha value is -3.28. The molecule has 0 radical (unpaired) electrons. The van der Waals surface area contributed by atoms with Crippen LogP contribution in [0.5, 0.6) is 0 Å². The fourth-order valence-electron chi connectivity index (χ4n) is 6.55. The van der Waals surface area contributed by atoms with Gasteiger partial charge in [-0.3, -0.25) is 9.98 Å². The second-order valence-corrected chi connectivity index (χ2v) is 17.0. The molecule has 302 valence electrons. The van der Waals surface area contributed by atoms with E-state index in [2.05, 4.69) is 100 Å². The summed E-state index contributed by atoms with van der Waals surface area (Å²) in [6.07, 6.45) is 16.9. The van der Waals surface area contributed by atoms with Gasteiger partial charge in [-0.2, -0.15) is 0 Å². The zero-order valence-electron chi connectivity index (χ0n) is 35.8. The van der Waals surface area contributed by atoms with E-state index in [4.69, 9.17) is 9.47 Å². The summed E-state index contributed by atoms with van der Waals surface area (Å²) < 4.78 is 11.3.